The molecule has 0 atom stereocenters. The van der Waals surface area contributed by atoms with Crippen LogP contribution in [0.25, 0.3) is 22.5 Å². The summed E-state index contributed by atoms with van der Waals surface area (Å²) in [6.45, 7) is 0. The summed E-state index contributed by atoms with van der Waals surface area (Å²) in [5.41, 5.74) is 7.55. The molecule has 18 heavy (non-hydrogen) atoms. The second-order valence-electron chi connectivity index (χ2n) is 3.72. The minimum Gasteiger partial charge on any atom is -0.367 e. The Bertz CT molecular complexity index is 675. The second-order valence-corrected chi connectivity index (χ2v) is 3.72. The van der Waals surface area contributed by atoms with Crippen LogP contribution in [0.3, 0.4) is 0 Å². The molecule has 0 aliphatic carbocycles. The van der Waals surface area contributed by atoms with Gasteiger partial charge in [-0.25, -0.2) is 4.39 Å². The highest BCUT2D eigenvalue weighted by Gasteiger charge is 2.20. The van der Waals surface area contributed by atoms with Gasteiger partial charge in [0.2, 0.25) is 5.88 Å². The zero-order chi connectivity index (χ0) is 12.5. The lowest BCUT2D eigenvalue weighted by atomic mass is 10.0. The largest absolute Gasteiger partial charge is 0.367 e. The number of rotatable bonds is 2. The first-order valence-electron chi connectivity index (χ1n) is 5.27. The number of hydrogen-bond acceptors (Lipinski definition) is 4. The molecule has 0 unspecified atom stereocenters. The third-order valence-corrected chi connectivity index (χ3v) is 2.62. The summed E-state index contributed by atoms with van der Waals surface area (Å²) in [5, 5.41) is 10.4. The van der Waals surface area contributed by atoms with E-state index in [0.717, 1.165) is 0 Å². The molecule has 5 nitrogen and oxygen atoms in total. The number of halogens is 1. The fourth-order valence-corrected chi connectivity index (χ4v) is 1.80. The van der Waals surface area contributed by atoms with Crippen LogP contribution in [0.15, 0.2) is 41.1 Å². The van der Waals surface area contributed by atoms with Crippen molar-refractivity contribution >= 4 is 5.88 Å². The van der Waals surface area contributed by atoms with Crippen LogP contribution in [0.5, 0.6) is 0 Å². The molecule has 0 aliphatic heterocycles. The first kappa shape index (κ1) is 10.5. The highest BCUT2D eigenvalue weighted by molar-refractivity contribution is 5.85. The first-order valence-corrected chi connectivity index (χ1v) is 5.27. The van der Waals surface area contributed by atoms with Crippen molar-refractivity contribution in [1.29, 1.82) is 0 Å². The molecule has 90 valence electrons. The van der Waals surface area contributed by atoms with Crippen molar-refractivity contribution in [1.82, 2.24) is 15.4 Å². The quantitative estimate of drug-likeness (QED) is 0.725. The van der Waals surface area contributed by atoms with Crippen molar-refractivity contribution in [3.8, 4) is 22.5 Å². The number of aromatic amines is 1. The average molecular weight is 244 g/mol. The molecule has 0 amide bonds. The Morgan fingerprint density at radius 3 is 2.78 bits per heavy atom. The molecule has 3 aromatic rings. The van der Waals surface area contributed by atoms with Crippen molar-refractivity contribution in [2.24, 2.45) is 0 Å². The maximum absolute atomic E-state index is 13.8. The summed E-state index contributed by atoms with van der Waals surface area (Å²) >= 11 is 0. The van der Waals surface area contributed by atoms with Gasteiger partial charge in [0.1, 0.15) is 11.5 Å². The van der Waals surface area contributed by atoms with Gasteiger partial charge in [0.15, 0.2) is 0 Å². The molecule has 0 saturated heterocycles. The van der Waals surface area contributed by atoms with Gasteiger partial charge in [-0.3, -0.25) is 5.10 Å². The number of nitrogens with zero attached hydrogens (tertiary/aromatic N) is 2. The molecule has 2 heterocycles. The van der Waals surface area contributed by atoms with Crippen LogP contribution in [-0.2, 0) is 0 Å². The monoisotopic (exact) mass is 244 g/mol. The van der Waals surface area contributed by atoms with Crippen LogP contribution < -0.4 is 5.73 Å². The van der Waals surface area contributed by atoms with Gasteiger partial charge in [0, 0.05) is 11.8 Å². The van der Waals surface area contributed by atoms with Crippen molar-refractivity contribution < 1.29 is 8.91 Å². The van der Waals surface area contributed by atoms with E-state index in [4.69, 9.17) is 10.3 Å². The lowest BCUT2D eigenvalue weighted by molar-refractivity contribution is 0.439. The van der Waals surface area contributed by atoms with Crippen molar-refractivity contribution in [2.75, 3.05) is 5.73 Å². The van der Waals surface area contributed by atoms with Gasteiger partial charge in [-0.15, -0.1) is 0 Å². The van der Waals surface area contributed by atoms with Crippen LogP contribution in [0.4, 0.5) is 10.3 Å². The summed E-state index contributed by atoms with van der Waals surface area (Å²) in [4.78, 5) is 0. The molecule has 0 radical (unpaired) electrons. The van der Waals surface area contributed by atoms with E-state index in [1.807, 2.05) is 0 Å². The Hall–Kier alpha value is -2.63. The number of hydrogen-bond donors (Lipinski definition) is 2. The Morgan fingerprint density at radius 2 is 2.06 bits per heavy atom. The number of benzene rings is 1. The summed E-state index contributed by atoms with van der Waals surface area (Å²) in [6.07, 6.45) is 1.57. The van der Waals surface area contributed by atoms with E-state index >= 15 is 0 Å². The SMILES string of the molecule is Nc1onc(-c2ccn[nH]2)c1-c1ccccc1F. The maximum Gasteiger partial charge on any atom is 0.230 e. The minimum atomic E-state index is -0.381. The summed E-state index contributed by atoms with van der Waals surface area (Å²) < 4.78 is 18.7. The van der Waals surface area contributed by atoms with Crippen molar-refractivity contribution in [3.63, 3.8) is 0 Å². The van der Waals surface area contributed by atoms with Gasteiger partial charge in [0.05, 0.1) is 11.3 Å². The highest BCUT2D eigenvalue weighted by Crippen LogP contribution is 2.36. The van der Waals surface area contributed by atoms with Crippen molar-refractivity contribution in [2.45, 2.75) is 0 Å². The molecular formula is C12H9FN4O. The number of nitrogens with two attached hydrogens (primary N) is 1. The van der Waals surface area contributed by atoms with E-state index < -0.39 is 0 Å². The van der Waals surface area contributed by atoms with Gasteiger partial charge in [-0.1, -0.05) is 23.4 Å². The standard InChI is InChI=1S/C12H9FN4O/c13-8-4-2-1-3-7(8)10-11(17-18-12(10)14)9-5-6-15-16-9/h1-6H,14H2,(H,15,16). The van der Waals surface area contributed by atoms with Gasteiger partial charge < -0.3 is 10.3 Å². The van der Waals surface area contributed by atoms with E-state index in [-0.39, 0.29) is 11.7 Å². The summed E-state index contributed by atoms with van der Waals surface area (Å²) in [7, 11) is 0. The zero-order valence-corrected chi connectivity index (χ0v) is 9.22. The predicted octanol–water partition coefficient (Wildman–Crippen LogP) is 2.45. The van der Waals surface area contributed by atoms with E-state index in [0.29, 0.717) is 22.5 Å². The lowest BCUT2D eigenvalue weighted by Crippen LogP contribution is -1.90. The van der Waals surface area contributed by atoms with Gasteiger partial charge in [-0.2, -0.15) is 5.10 Å². The summed E-state index contributed by atoms with van der Waals surface area (Å²) in [5.74, 6) is -0.308. The third-order valence-electron chi connectivity index (χ3n) is 2.62. The molecule has 2 aromatic heterocycles. The Labute approximate surface area is 101 Å². The van der Waals surface area contributed by atoms with E-state index in [9.17, 15) is 4.39 Å². The normalized spacial score (nSPS) is 10.7. The van der Waals surface area contributed by atoms with E-state index in [2.05, 4.69) is 15.4 Å². The first-order chi connectivity index (χ1) is 8.77. The lowest BCUT2D eigenvalue weighted by Gasteiger charge is -2.02. The van der Waals surface area contributed by atoms with E-state index in [1.54, 1.807) is 30.5 Å². The topological polar surface area (TPSA) is 80.7 Å². The average Bonchev–Trinajstić information content (AvgIpc) is 2.99. The molecule has 0 aliphatic rings. The van der Waals surface area contributed by atoms with Gasteiger partial charge >= 0.3 is 0 Å². The number of H-pyrrole nitrogens is 1. The molecule has 0 spiro atoms. The fourth-order valence-electron chi connectivity index (χ4n) is 1.80. The zero-order valence-electron chi connectivity index (χ0n) is 9.22. The molecule has 0 bridgehead atoms. The summed E-state index contributed by atoms with van der Waals surface area (Å²) in [6, 6.07) is 8.03. The Balaban J connectivity index is 2.24. The number of nitrogen functional groups attached to an aromatic ring is 1. The Kier molecular flexibility index (Phi) is 2.33. The fraction of sp³-hybridized carbons (Fsp3) is 0. The predicted molar refractivity (Wildman–Crippen MR) is 63.9 cm³/mol. The molecule has 6 heteroatoms. The van der Waals surface area contributed by atoms with Crippen LogP contribution >= 0.6 is 0 Å². The molecule has 3 N–H and O–H groups in total. The Morgan fingerprint density at radius 1 is 1.22 bits per heavy atom. The maximum atomic E-state index is 13.8. The molecular weight excluding hydrogens is 235 g/mol. The van der Waals surface area contributed by atoms with Crippen LogP contribution in [0.2, 0.25) is 0 Å². The minimum absolute atomic E-state index is 0.0738. The van der Waals surface area contributed by atoms with E-state index in [1.165, 1.54) is 6.07 Å². The second kappa shape index (κ2) is 3.99. The molecule has 3 rings (SSSR count). The van der Waals surface area contributed by atoms with Crippen LogP contribution in [-0.4, -0.2) is 15.4 Å². The highest BCUT2D eigenvalue weighted by atomic mass is 19.1. The molecule has 0 fully saturated rings. The molecule has 0 saturated carbocycles. The van der Waals surface area contributed by atoms with Crippen molar-refractivity contribution in [3.05, 3.63) is 42.3 Å². The third kappa shape index (κ3) is 1.55. The number of nitrogens with one attached hydrogen (secondary N) is 1. The smallest absolute Gasteiger partial charge is 0.230 e. The van der Waals surface area contributed by atoms with Gasteiger partial charge in [0.25, 0.3) is 0 Å². The van der Waals surface area contributed by atoms with Crippen LogP contribution in [0.1, 0.15) is 0 Å². The van der Waals surface area contributed by atoms with Gasteiger partial charge in [-0.05, 0) is 12.1 Å². The van der Waals surface area contributed by atoms with Crippen LogP contribution in [0, 0.1) is 5.82 Å². The number of anilines is 1. The molecule has 1 aromatic carbocycles. The number of aromatic nitrogens is 3.